The van der Waals surface area contributed by atoms with Crippen molar-refractivity contribution >= 4 is 17.5 Å². The Morgan fingerprint density at radius 1 is 0.897 bits per heavy atom. The molecule has 1 atom stereocenters. The number of nitrogens with zero attached hydrogens (tertiary/aromatic N) is 1. The quantitative estimate of drug-likeness (QED) is 0.311. The van der Waals surface area contributed by atoms with Crippen LogP contribution in [0.25, 0.3) is 0 Å². The van der Waals surface area contributed by atoms with Gasteiger partial charge in [0.15, 0.2) is 11.5 Å². The van der Waals surface area contributed by atoms with E-state index in [0.29, 0.717) is 28.5 Å². The van der Waals surface area contributed by atoms with Gasteiger partial charge in [0.1, 0.15) is 17.6 Å². The lowest BCUT2D eigenvalue weighted by molar-refractivity contribution is -0.139. The summed E-state index contributed by atoms with van der Waals surface area (Å²) < 4.78 is 30.5. The minimum atomic E-state index is -1.12. The topological polar surface area (TPSA) is 77.1 Å². The number of fused-ring (bicyclic) bond motifs is 1. The van der Waals surface area contributed by atoms with E-state index < -0.39 is 17.8 Å². The molecule has 0 spiro atoms. The van der Waals surface area contributed by atoms with E-state index in [1.165, 1.54) is 23.1 Å². The third-order valence-electron chi connectivity index (χ3n) is 6.40. The molecule has 0 saturated carbocycles. The fraction of sp³-hybridized carbons (Fsp3) is 0.161. The zero-order valence-electron chi connectivity index (χ0n) is 21.3. The number of carbonyl (C=O) groups is 2. The number of halogens is 1. The average molecular weight is 527 g/mol. The number of carbonyl (C=O) groups excluding carboxylic acids is 2. The molecule has 0 aromatic heterocycles. The van der Waals surface area contributed by atoms with Gasteiger partial charge >= 0.3 is 0 Å². The summed E-state index contributed by atoms with van der Waals surface area (Å²) in [5, 5.41) is 2.88. The Bertz CT molecular complexity index is 1460. The molecular formula is C31H27FN2O5. The van der Waals surface area contributed by atoms with Crippen LogP contribution in [0.15, 0.2) is 97.1 Å². The molecule has 5 rings (SSSR count). The van der Waals surface area contributed by atoms with Gasteiger partial charge in [-0.05, 0) is 53.1 Å². The zero-order valence-corrected chi connectivity index (χ0v) is 21.3. The standard InChI is InChI=1S/C31H27FN2O5/c1-37-26-13-10-22(11-14-26)19-34(29(35)16-21-6-3-2-4-7-21)30(23-8-5-9-24(32)17-23)31(36)33-25-12-15-27-28(18-25)39-20-38-27/h2-15,17-18,30H,16,19-20H2,1H3,(H,33,36)/t30-/m0/s1. The van der Waals surface area contributed by atoms with Crippen LogP contribution in [0.1, 0.15) is 22.7 Å². The van der Waals surface area contributed by atoms with Crippen molar-refractivity contribution in [3.05, 3.63) is 120 Å². The van der Waals surface area contributed by atoms with Gasteiger partial charge in [0.2, 0.25) is 12.7 Å². The van der Waals surface area contributed by atoms with Crippen LogP contribution in [0.3, 0.4) is 0 Å². The first-order chi connectivity index (χ1) is 19.0. The summed E-state index contributed by atoms with van der Waals surface area (Å²) in [7, 11) is 1.57. The SMILES string of the molecule is COc1ccc(CN(C(=O)Cc2ccccc2)[C@H](C(=O)Nc2ccc3c(c2)OCO3)c2cccc(F)c2)cc1. The first-order valence-corrected chi connectivity index (χ1v) is 12.4. The van der Waals surface area contributed by atoms with Crippen LogP contribution >= 0.6 is 0 Å². The number of rotatable bonds is 9. The number of hydrogen-bond donors (Lipinski definition) is 1. The van der Waals surface area contributed by atoms with Crippen molar-refractivity contribution in [2.24, 2.45) is 0 Å². The second kappa shape index (κ2) is 11.7. The molecule has 1 heterocycles. The van der Waals surface area contributed by atoms with E-state index in [1.54, 1.807) is 43.5 Å². The van der Waals surface area contributed by atoms with Crippen LogP contribution in [0.2, 0.25) is 0 Å². The highest BCUT2D eigenvalue weighted by Crippen LogP contribution is 2.35. The zero-order chi connectivity index (χ0) is 27.2. The van der Waals surface area contributed by atoms with Gasteiger partial charge in [0.05, 0.1) is 13.5 Å². The Labute approximate surface area is 225 Å². The molecule has 4 aromatic rings. The second-order valence-electron chi connectivity index (χ2n) is 9.05. The fourth-order valence-electron chi connectivity index (χ4n) is 4.46. The molecule has 0 radical (unpaired) electrons. The maximum Gasteiger partial charge on any atom is 0.251 e. The molecule has 198 valence electrons. The van der Waals surface area contributed by atoms with E-state index in [1.807, 2.05) is 42.5 Å². The van der Waals surface area contributed by atoms with Gasteiger partial charge in [-0.3, -0.25) is 9.59 Å². The van der Waals surface area contributed by atoms with E-state index >= 15 is 0 Å². The Morgan fingerprint density at radius 2 is 1.67 bits per heavy atom. The Kier molecular flexibility index (Phi) is 7.73. The first-order valence-electron chi connectivity index (χ1n) is 12.4. The number of anilines is 1. The van der Waals surface area contributed by atoms with Gasteiger partial charge in [0.25, 0.3) is 5.91 Å². The summed E-state index contributed by atoms with van der Waals surface area (Å²) in [4.78, 5) is 29.2. The summed E-state index contributed by atoms with van der Waals surface area (Å²) in [6.07, 6.45) is 0.0696. The number of ether oxygens (including phenoxy) is 3. The molecule has 1 N–H and O–H groups in total. The summed E-state index contributed by atoms with van der Waals surface area (Å²) >= 11 is 0. The van der Waals surface area contributed by atoms with Crippen LogP contribution < -0.4 is 19.5 Å². The average Bonchev–Trinajstić information content (AvgIpc) is 3.42. The molecule has 2 amide bonds. The van der Waals surface area contributed by atoms with E-state index in [2.05, 4.69) is 5.32 Å². The second-order valence-corrected chi connectivity index (χ2v) is 9.05. The van der Waals surface area contributed by atoms with Gasteiger partial charge in [-0.1, -0.05) is 54.6 Å². The minimum Gasteiger partial charge on any atom is -0.497 e. The first kappa shape index (κ1) is 25.8. The highest BCUT2D eigenvalue weighted by molar-refractivity contribution is 5.98. The Hall–Kier alpha value is -4.85. The van der Waals surface area contributed by atoms with Gasteiger partial charge in [-0.2, -0.15) is 0 Å². The predicted octanol–water partition coefficient (Wildman–Crippen LogP) is 5.51. The number of benzene rings is 4. The highest BCUT2D eigenvalue weighted by Gasteiger charge is 2.32. The molecule has 0 saturated heterocycles. The third-order valence-corrected chi connectivity index (χ3v) is 6.40. The molecule has 4 aromatic carbocycles. The Balaban J connectivity index is 1.52. The van der Waals surface area contributed by atoms with Crippen molar-refractivity contribution < 1.29 is 28.2 Å². The van der Waals surface area contributed by atoms with E-state index in [9.17, 15) is 14.0 Å². The van der Waals surface area contributed by atoms with Gasteiger partial charge in [0, 0.05) is 18.3 Å². The van der Waals surface area contributed by atoms with Gasteiger partial charge in [-0.25, -0.2) is 4.39 Å². The smallest absolute Gasteiger partial charge is 0.251 e. The van der Waals surface area contributed by atoms with Crippen LogP contribution in [0.4, 0.5) is 10.1 Å². The molecule has 1 aliphatic rings. The summed E-state index contributed by atoms with van der Waals surface area (Å²) in [6, 6.07) is 26.2. The number of amides is 2. The number of hydrogen-bond acceptors (Lipinski definition) is 5. The van der Waals surface area contributed by atoms with Crippen molar-refractivity contribution in [3.63, 3.8) is 0 Å². The van der Waals surface area contributed by atoms with E-state index in [0.717, 1.165) is 11.1 Å². The lowest BCUT2D eigenvalue weighted by atomic mass is 10.0. The molecule has 0 unspecified atom stereocenters. The van der Waals surface area contributed by atoms with Crippen molar-refractivity contribution in [2.45, 2.75) is 19.0 Å². The molecule has 1 aliphatic heterocycles. The Morgan fingerprint density at radius 3 is 2.41 bits per heavy atom. The van der Waals surface area contributed by atoms with Crippen LogP contribution in [-0.4, -0.2) is 30.6 Å². The molecule has 8 heteroatoms. The highest BCUT2D eigenvalue weighted by atomic mass is 19.1. The molecule has 0 aliphatic carbocycles. The fourth-order valence-corrected chi connectivity index (χ4v) is 4.46. The minimum absolute atomic E-state index is 0.0696. The van der Waals surface area contributed by atoms with Crippen LogP contribution in [0.5, 0.6) is 17.2 Å². The molecule has 39 heavy (non-hydrogen) atoms. The van der Waals surface area contributed by atoms with Crippen molar-refractivity contribution in [3.8, 4) is 17.2 Å². The number of nitrogens with one attached hydrogen (secondary N) is 1. The van der Waals surface area contributed by atoms with E-state index in [-0.39, 0.29) is 25.7 Å². The third kappa shape index (κ3) is 6.18. The maximum absolute atomic E-state index is 14.4. The van der Waals surface area contributed by atoms with Crippen LogP contribution in [-0.2, 0) is 22.6 Å². The normalized spacial score (nSPS) is 12.5. The van der Waals surface area contributed by atoms with Gasteiger partial charge in [-0.15, -0.1) is 0 Å². The maximum atomic E-state index is 14.4. The summed E-state index contributed by atoms with van der Waals surface area (Å²) in [6.45, 7) is 0.216. The molecule has 7 nitrogen and oxygen atoms in total. The van der Waals surface area contributed by atoms with Crippen molar-refractivity contribution in [1.29, 1.82) is 0 Å². The summed E-state index contributed by atoms with van der Waals surface area (Å²) in [5.41, 5.74) is 2.40. The lowest BCUT2D eigenvalue weighted by Crippen LogP contribution is -2.41. The number of methoxy groups -OCH3 is 1. The van der Waals surface area contributed by atoms with Crippen LogP contribution in [0, 0.1) is 5.82 Å². The van der Waals surface area contributed by atoms with E-state index in [4.69, 9.17) is 14.2 Å². The van der Waals surface area contributed by atoms with Crippen molar-refractivity contribution in [2.75, 3.05) is 19.2 Å². The predicted molar refractivity (Wildman–Crippen MR) is 144 cm³/mol. The largest absolute Gasteiger partial charge is 0.497 e. The summed E-state index contributed by atoms with van der Waals surface area (Å²) in [5.74, 6) is 0.470. The lowest BCUT2D eigenvalue weighted by Gasteiger charge is -2.32. The van der Waals surface area contributed by atoms with Crippen molar-refractivity contribution in [1.82, 2.24) is 4.90 Å². The monoisotopic (exact) mass is 526 g/mol. The molecule has 0 bridgehead atoms. The molecule has 0 fully saturated rings. The van der Waals surface area contributed by atoms with Gasteiger partial charge < -0.3 is 24.4 Å². The molecular weight excluding hydrogens is 499 g/mol.